The summed E-state index contributed by atoms with van der Waals surface area (Å²) < 4.78 is 1.69. The summed E-state index contributed by atoms with van der Waals surface area (Å²) in [5.41, 5.74) is 3.61. The number of hydrogen-bond donors (Lipinski definition) is 1. The highest BCUT2D eigenvalue weighted by molar-refractivity contribution is 5.95. The molecule has 0 saturated carbocycles. The lowest BCUT2D eigenvalue weighted by Crippen LogP contribution is -2.26. The molecular formula is C19H21N5O. The number of hydrogen-bond acceptors (Lipinski definition) is 4. The zero-order valence-electron chi connectivity index (χ0n) is 14.5. The van der Waals surface area contributed by atoms with Crippen LogP contribution in [0, 0.1) is 0 Å². The topological polar surface area (TPSA) is 63.1 Å². The number of benzene rings is 2. The van der Waals surface area contributed by atoms with Crippen molar-refractivity contribution in [3.8, 4) is 5.69 Å². The van der Waals surface area contributed by atoms with Crippen molar-refractivity contribution in [2.45, 2.75) is 13.0 Å². The van der Waals surface area contributed by atoms with Gasteiger partial charge in [0.25, 0.3) is 5.91 Å². The van der Waals surface area contributed by atoms with Gasteiger partial charge in [0.1, 0.15) is 12.7 Å². The first-order valence-corrected chi connectivity index (χ1v) is 8.08. The van der Waals surface area contributed by atoms with Crippen LogP contribution in [-0.2, 0) is 0 Å². The van der Waals surface area contributed by atoms with Gasteiger partial charge in [0.15, 0.2) is 0 Å². The van der Waals surface area contributed by atoms with Crippen molar-refractivity contribution in [3.05, 3.63) is 72.3 Å². The molecule has 0 radical (unpaired) electrons. The van der Waals surface area contributed by atoms with Crippen LogP contribution in [0.15, 0.2) is 61.2 Å². The quantitative estimate of drug-likeness (QED) is 0.779. The fourth-order valence-electron chi connectivity index (χ4n) is 2.55. The third-order valence-corrected chi connectivity index (χ3v) is 4.05. The highest BCUT2D eigenvalue weighted by Crippen LogP contribution is 2.17. The molecule has 6 heteroatoms. The second-order valence-electron chi connectivity index (χ2n) is 6.07. The third-order valence-electron chi connectivity index (χ3n) is 4.05. The lowest BCUT2D eigenvalue weighted by atomic mass is 10.1. The van der Waals surface area contributed by atoms with Crippen LogP contribution in [-0.4, -0.2) is 34.8 Å². The number of rotatable bonds is 5. The molecule has 3 rings (SSSR count). The Kier molecular flexibility index (Phi) is 4.79. The molecule has 0 bridgehead atoms. The van der Waals surface area contributed by atoms with Gasteiger partial charge in [-0.3, -0.25) is 4.79 Å². The van der Waals surface area contributed by atoms with E-state index in [1.165, 1.54) is 6.33 Å². The Bertz CT molecular complexity index is 841. The lowest BCUT2D eigenvalue weighted by molar-refractivity contribution is 0.0940. The highest BCUT2D eigenvalue weighted by Gasteiger charge is 2.12. The molecule has 128 valence electrons. The molecule has 0 aliphatic carbocycles. The minimum Gasteiger partial charge on any atom is -0.378 e. The van der Waals surface area contributed by atoms with Gasteiger partial charge in [-0.25, -0.2) is 9.67 Å². The predicted octanol–water partition coefficient (Wildman–Crippen LogP) is 2.82. The summed E-state index contributed by atoms with van der Waals surface area (Å²) in [5.74, 6) is -0.0865. The molecule has 1 aromatic heterocycles. The molecule has 6 nitrogen and oxygen atoms in total. The van der Waals surface area contributed by atoms with Crippen LogP contribution < -0.4 is 10.2 Å². The van der Waals surface area contributed by atoms with Gasteiger partial charge in [0.05, 0.1) is 11.7 Å². The minimum absolute atomic E-state index is 0.0865. The van der Waals surface area contributed by atoms with E-state index in [0.717, 1.165) is 16.9 Å². The Morgan fingerprint density at radius 3 is 2.56 bits per heavy atom. The van der Waals surface area contributed by atoms with Crippen molar-refractivity contribution in [2.24, 2.45) is 0 Å². The van der Waals surface area contributed by atoms with E-state index >= 15 is 0 Å². The highest BCUT2D eigenvalue weighted by atomic mass is 16.1. The molecule has 1 amide bonds. The van der Waals surface area contributed by atoms with Gasteiger partial charge in [-0.05, 0) is 42.8 Å². The molecule has 1 N–H and O–H groups in total. The number of anilines is 1. The first-order chi connectivity index (χ1) is 12.0. The molecule has 2 aromatic carbocycles. The van der Waals surface area contributed by atoms with Crippen molar-refractivity contribution in [2.75, 3.05) is 19.0 Å². The second kappa shape index (κ2) is 7.17. The van der Waals surface area contributed by atoms with Crippen molar-refractivity contribution in [3.63, 3.8) is 0 Å². The monoisotopic (exact) mass is 335 g/mol. The molecule has 25 heavy (non-hydrogen) atoms. The average Bonchev–Trinajstić information content (AvgIpc) is 3.16. The van der Waals surface area contributed by atoms with Crippen molar-refractivity contribution >= 4 is 11.6 Å². The third kappa shape index (κ3) is 3.85. The number of carbonyl (C=O) groups is 1. The number of nitrogens with zero attached hydrogens (tertiary/aromatic N) is 4. The standard InChI is InChI=1S/C19H21N5O/c1-14(15-7-9-17(10-8-15)24-13-20-12-21-24)22-19(25)16-5-4-6-18(11-16)23(2)3/h4-14H,1-3H3,(H,22,25). The van der Waals surface area contributed by atoms with Gasteiger partial charge in [0.2, 0.25) is 0 Å². The van der Waals surface area contributed by atoms with E-state index in [2.05, 4.69) is 15.4 Å². The molecule has 0 aliphatic rings. The van der Waals surface area contributed by atoms with E-state index in [9.17, 15) is 4.79 Å². The molecule has 3 aromatic rings. The maximum absolute atomic E-state index is 12.5. The van der Waals surface area contributed by atoms with Gasteiger partial charge >= 0.3 is 0 Å². The molecule has 0 aliphatic heterocycles. The predicted molar refractivity (Wildman–Crippen MR) is 98.0 cm³/mol. The lowest BCUT2D eigenvalue weighted by Gasteiger charge is -2.17. The fourth-order valence-corrected chi connectivity index (χ4v) is 2.55. The number of carbonyl (C=O) groups excluding carboxylic acids is 1. The molecular weight excluding hydrogens is 314 g/mol. The summed E-state index contributed by atoms with van der Waals surface area (Å²) >= 11 is 0. The minimum atomic E-state index is -0.0969. The summed E-state index contributed by atoms with van der Waals surface area (Å²) in [6, 6.07) is 15.4. The van der Waals surface area contributed by atoms with Crippen molar-refractivity contribution in [1.82, 2.24) is 20.1 Å². The number of nitrogens with one attached hydrogen (secondary N) is 1. The zero-order valence-corrected chi connectivity index (χ0v) is 14.5. The number of aromatic nitrogens is 3. The summed E-state index contributed by atoms with van der Waals surface area (Å²) in [6.07, 6.45) is 3.15. The van der Waals surface area contributed by atoms with Crippen molar-refractivity contribution in [1.29, 1.82) is 0 Å². The summed E-state index contributed by atoms with van der Waals surface area (Å²) in [4.78, 5) is 18.4. The Labute approximate surface area is 147 Å². The molecule has 0 saturated heterocycles. The normalized spacial score (nSPS) is 11.8. The summed E-state index contributed by atoms with van der Waals surface area (Å²) in [7, 11) is 3.91. The van der Waals surface area contributed by atoms with E-state index in [1.807, 2.05) is 74.4 Å². The van der Waals surface area contributed by atoms with Crippen LogP contribution in [0.25, 0.3) is 5.69 Å². The Morgan fingerprint density at radius 1 is 1.16 bits per heavy atom. The summed E-state index contributed by atoms with van der Waals surface area (Å²) in [6.45, 7) is 1.97. The first-order valence-electron chi connectivity index (χ1n) is 8.08. The number of amides is 1. The second-order valence-corrected chi connectivity index (χ2v) is 6.07. The average molecular weight is 335 g/mol. The van der Waals surface area contributed by atoms with Crippen LogP contribution in [0.2, 0.25) is 0 Å². The Morgan fingerprint density at radius 2 is 1.92 bits per heavy atom. The Balaban J connectivity index is 1.70. The maximum atomic E-state index is 12.5. The van der Waals surface area contributed by atoms with Crippen LogP contribution in [0.4, 0.5) is 5.69 Å². The zero-order chi connectivity index (χ0) is 17.8. The maximum Gasteiger partial charge on any atom is 0.251 e. The molecule has 1 unspecified atom stereocenters. The van der Waals surface area contributed by atoms with Crippen LogP contribution in [0.5, 0.6) is 0 Å². The van der Waals surface area contributed by atoms with Crippen LogP contribution in [0.1, 0.15) is 28.9 Å². The van der Waals surface area contributed by atoms with E-state index in [1.54, 1.807) is 11.0 Å². The largest absolute Gasteiger partial charge is 0.378 e. The van der Waals surface area contributed by atoms with Gasteiger partial charge in [0, 0.05) is 25.3 Å². The van der Waals surface area contributed by atoms with Crippen molar-refractivity contribution < 1.29 is 4.79 Å². The molecule has 0 spiro atoms. The van der Waals surface area contributed by atoms with Crippen LogP contribution >= 0.6 is 0 Å². The summed E-state index contributed by atoms with van der Waals surface area (Å²) in [5, 5.41) is 7.14. The van der Waals surface area contributed by atoms with Crippen LogP contribution in [0.3, 0.4) is 0 Å². The molecule has 1 heterocycles. The smallest absolute Gasteiger partial charge is 0.251 e. The SMILES string of the molecule is CC(NC(=O)c1cccc(N(C)C)c1)c1ccc(-n2cncn2)cc1. The molecule has 1 atom stereocenters. The van der Waals surface area contributed by atoms with Gasteiger partial charge in [-0.15, -0.1) is 0 Å². The first kappa shape index (κ1) is 16.7. The van der Waals surface area contributed by atoms with Gasteiger partial charge < -0.3 is 10.2 Å². The molecule has 0 fully saturated rings. The van der Waals surface area contributed by atoms with Gasteiger partial charge in [-0.1, -0.05) is 18.2 Å². The Hall–Kier alpha value is -3.15. The van der Waals surface area contributed by atoms with E-state index in [4.69, 9.17) is 0 Å². The van der Waals surface area contributed by atoms with E-state index < -0.39 is 0 Å². The fraction of sp³-hybridized carbons (Fsp3) is 0.211. The van der Waals surface area contributed by atoms with E-state index in [-0.39, 0.29) is 11.9 Å². The van der Waals surface area contributed by atoms with E-state index in [0.29, 0.717) is 5.56 Å². The van der Waals surface area contributed by atoms with Gasteiger partial charge in [-0.2, -0.15) is 5.10 Å².